The first kappa shape index (κ1) is 18.7. The van der Waals surface area contributed by atoms with Crippen molar-refractivity contribution < 1.29 is 4.79 Å². The smallest absolute Gasteiger partial charge is 0.236 e. The van der Waals surface area contributed by atoms with E-state index in [1.54, 1.807) is 0 Å². The zero-order valence-corrected chi connectivity index (χ0v) is 16.2. The first-order valence-electron chi connectivity index (χ1n) is 9.09. The number of rotatable bonds is 5. The predicted octanol–water partition coefficient (Wildman–Crippen LogP) is 3.40. The summed E-state index contributed by atoms with van der Waals surface area (Å²) >= 11 is 6.15. The number of nitrogens with zero attached hydrogens (tertiary/aromatic N) is 2. The molecule has 1 aliphatic rings. The van der Waals surface area contributed by atoms with E-state index in [-0.39, 0.29) is 5.91 Å². The van der Waals surface area contributed by atoms with Gasteiger partial charge in [0, 0.05) is 43.4 Å². The van der Waals surface area contributed by atoms with E-state index in [0.717, 1.165) is 36.8 Å². The van der Waals surface area contributed by atoms with Crippen molar-refractivity contribution in [3.63, 3.8) is 0 Å². The average molecular weight is 372 g/mol. The maximum Gasteiger partial charge on any atom is 0.236 e. The van der Waals surface area contributed by atoms with Crippen molar-refractivity contribution >= 4 is 23.2 Å². The molecule has 0 radical (unpaired) electrons. The quantitative estimate of drug-likeness (QED) is 0.875. The van der Waals surface area contributed by atoms with Crippen LogP contribution in [0.25, 0.3) is 0 Å². The van der Waals surface area contributed by atoms with Gasteiger partial charge >= 0.3 is 0 Å². The first-order valence-corrected chi connectivity index (χ1v) is 9.47. The van der Waals surface area contributed by atoms with Crippen molar-refractivity contribution in [2.45, 2.75) is 20.4 Å². The van der Waals surface area contributed by atoms with Crippen LogP contribution >= 0.6 is 11.6 Å². The summed E-state index contributed by atoms with van der Waals surface area (Å²) in [7, 11) is 0. The van der Waals surface area contributed by atoms with Gasteiger partial charge in [-0.1, -0.05) is 41.9 Å². The highest BCUT2D eigenvalue weighted by molar-refractivity contribution is 6.31. The minimum Gasteiger partial charge on any atom is -0.368 e. The van der Waals surface area contributed by atoms with Crippen molar-refractivity contribution in [1.82, 2.24) is 10.2 Å². The highest BCUT2D eigenvalue weighted by Gasteiger charge is 2.22. The van der Waals surface area contributed by atoms with Crippen LogP contribution in [0.1, 0.15) is 16.7 Å². The van der Waals surface area contributed by atoms with Crippen LogP contribution in [-0.2, 0) is 11.3 Å². The summed E-state index contributed by atoms with van der Waals surface area (Å²) in [5, 5.41) is 3.94. The van der Waals surface area contributed by atoms with Crippen LogP contribution in [0.4, 0.5) is 5.69 Å². The summed E-state index contributed by atoms with van der Waals surface area (Å²) in [4.78, 5) is 16.8. The molecule has 0 saturated carbocycles. The lowest BCUT2D eigenvalue weighted by atomic mass is 10.1. The number of hydrogen-bond acceptors (Lipinski definition) is 3. The Hall–Kier alpha value is -2.04. The third-order valence-corrected chi connectivity index (χ3v) is 5.47. The molecular formula is C21H26ClN3O. The van der Waals surface area contributed by atoms with Gasteiger partial charge in [-0.15, -0.1) is 0 Å². The lowest BCUT2D eigenvalue weighted by Gasteiger charge is -2.37. The van der Waals surface area contributed by atoms with E-state index in [2.05, 4.69) is 42.3 Å². The Kier molecular flexibility index (Phi) is 6.17. The molecule has 1 saturated heterocycles. The molecule has 0 spiro atoms. The van der Waals surface area contributed by atoms with E-state index in [1.165, 1.54) is 16.8 Å². The second-order valence-corrected chi connectivity index (χ2v) is 7.19. The Bertz CT molecular complexity index is 770. The molecule has 1 aliphatic heterocycles. The number of carbonyl (C=O) groups is 1. The summed E-state index contributed by atoms with van der Waals surface area (Å²) in [5.74, 6) is 0.151. The molecule has 1 fully saturated rings. The van der Waals surface area contributed by atoms with Crippen LogP contribution in [0.5, 0.6) is 0 Å². The van der Waals surface area contributed by atoms with Gasteiger partial charge in [0.2, 0.25) is 5.91 Å². The molecule has 0 bridgehead atoms. The Labute approximate surface area is 160 Å². The maximum absolute atomic E-state index is 12.4. The number of nitrogens with one attached hydrogen (secondary N) is 1. The predicted molar refractivity (Wildman–Crippen MR) is 108 cm³/mol. The van der Waals surface area contributed by atoms with Gasteiger partial charge in [0.1, 0.15) is 0 Å². The summed E-state index contributed by atoms with van der Waals surface area (Å²) in [6, 6.07) is 14.1. The van der Waals surface area contributed by atoms with Crippen LogP contribution < -0.4 is 10.2 Å². The molecule has 26 heavy (non-hydrogen) atoms. The molecular weight excluding hydrogens is 346 g/mol. The lowest BCUT2D eigenvalue weighted by molar-refractivity contribution is -0.130. The molecule has 0 unspecified atom stereocenters. The van der Waals surface area contributed by atoms with Crippen LogP contribution in [0.15, 0.2) is 42.5 Å². The topological polar surface area (TPSA) is 35.6 Å². The second-order valence-electron chi connectivity index (χ2n) is 6.78. The molecule has 1 N–H and O–H groups in total. The fourth-order valence-electron chi connectivity index (χ4n) is 3.33. The van der Waals surface area contributed by atoms with Crippen molar-refractivity contribution in [2.24, 2.45) is 0 Å². The van der Waals surface area contributed by atoms with Gasteiger partial charge in [-0.05, 0) is 42.7 Å². The third kappa shape index (κ3) is 4.37. The summed E-state index contributed by atoms with van der Waals surface area (Å²) in [6.45, 7) is 8.54. The largest absolute Gasteiger partial charge is 0.368 e. The highest BCUT2D eigenvalue weighted by Crippen LogP contribution is 2.23. The number of aryl methyl sites for hydroxylation is 1. The van der Waals surface area contributed by atoms with E-state index in [1.807, 2.05) is 29.2 Å². The number of benzene rings is 2. The fourth-order valence-corrected chi connectivity index (χ4v) is 3.54. The minimum absolute atomic E-state index is 0.151. The van der Waals surface area contributed by atoms with E-state index in [0.29, 0.717) is 13.1 Å². The zero-order valence-electron chi connectivity index (χ0n) is 15.5. The van der Waals surface area contributed by atoms with Crippen LogP contribution in [0.2, 0.25) is 5.02 Å². The summed E-state index contributed by atoms with van der Waals surface area (Å²) < 4.78 is 0. The number of carbonyl (C=O) groups excluding carboxylic acids is 1. The van der Waals surface area contributed by atoms with E-state index < -0.39 is 0 Å². The molecule has 4 nitrogen and oxygen atoms in total. The average Bonchev–Trinajstić information content (AvgIpc) is 2.65. The molecule has 3 rings (SSSR count). The van der Waals surface area contributed by atoms with Gasteiger partial charge in [-0.25, -0.2) is 0 Å². The van der Waals surface area contributed by atoms with Gasteiger partial charge < -0.3 is 15.1 Å². The fraction of sp³-hybridized carbons (Fsp3) is 0.381. The van der Waals surface area contributed by atoms with Crippen molar-refractivity contribution in [3.05, 3.63) is 64.2 Å². The number of hydrogen-bond donors (Lipinski definition) is 1. The molecule has 0 aliphatic carbocycles. The second kappa shape index (κ2) is 8.56. The van der Waals surface area contributed by atoms with Gasteiger partial charge in [0.05, 0.1) is 6.54 Å². The molecule has 0 atom stereocenters. The molecule has 0 aromatic heterocycles. The molecule has 138 valence electrons. The van der Waals surface area contributed by atoms with Crippen molar-refractivity contribution in [3.8, 4) is 0 Å². The zero-order chi connectivity index (χ0) is 18.5. The lowest BCUT2D eigenvalue weighted by Crippen LogP contribution is -2.51. The normalized spacial score (nSPS) is 14.6. The maximum atomic E-state index is 12.4. The molecule has 1 amide bonds. The minimum atomic E-state index is 0.151. The Morgan fingerprint density at radius 1 is 1.04 bits per heavy atom. The number of piperazine rings is 1. The standard InChI is InChI=1S/C21H26ClN3O/c1-16-6-5-9-20(17(16)2)24-10-12-25(13-11-24)21(26)15-23-14-18-7-3-4-8-19(18)22/h3-9,23H,10-15H2,1-2H3. The Morgan fingerprint density at radius 3 is 2.50 bits per heavy atom. The molecule has 2 aromatic rings. The van der Waals surface area contributed by atoms with Crippen LogP contribution in [0.3, 0.4) is 0 Å². The molecule has 5 heteroatoms. The van der Waals surface area contributed by atoms with Crippen molar-refractivity contribution in [1.29, 1.82) is 0 Å². The van der Waals surface area contributed by atoms with E-state index >= 15 is 0 Å². The van der Waals surface area contributed by atoms with Gasteiger partial charge in [-0.2, -0.15) is 0 Å². The highest BCUT2D eigenvalue weighted by atomic mass is 35.5. The number of halogens is 1. The Balaban J connectivity index is 1.48. The first-order chi connectivity index (χ1) is 12.6. The summed E-state index contributed by atoms with van der Waals surface area (Å²) in [6.07, 6.45) is 0. The third-order valence-electron chi connectivity index (χ3n) is 5.10. The van der Waals surface area contributed by atoms with E-state index in [4.69, 9.17) is 11.6 Å². The molecule has 1 heterocycles. The molecule has 2 aromatic carbocycles. The van der Waals surface area contributed by atoms with E-state index in [9.17, 15) is 4.79 Å². The number of anilines is 1. The summed E-state index contributed by atoms with van der Waals surface area (Å²) in [5.41, 5.74) is 4.94. The SMILES string of the molecule is Cc1cccc(N2CCN(C(=O)CNCc3ccccc3Cl)CC2)c1C. The van der Waals surface area contributed by atoms with Crippen molar-refractivity contribution in [2.75, 3.05) is 37.6 Å². The van der Waals surface area contributed by atoms with Gasteiger partial charge in [-0.3, -0.25) is 4.79 Å². The Morgan fingerprint density at radius 2 is 1.77 bits per heavy atom. The van der Waals surface area contributed by atoms with Gasteiger partial charge in [0.25, 0.3) is 0 Å². The monoisotopic (exact) mass is 371 g/mol. The number of amides is 1. The van der Waals surface area contributed by atoms with Gasteiger partial charge in [0.15, 0.2) is 0 Å². The van der Waals surface area contributed by atoms with Crippen LogP contribution in [0, 0.1) is 13.8 Å². The van der Waals surface area contributed by atoms with Crippen LogP contribution in [-0.4, -0.2) is 43.5 Å².